The molecule has 0 aliphatic heterocycles. The monoisotopic (exact) mass is 231 g/mol. The van der Waals surface area contributed by atoms with Crippen LogP contribution in [0, 0.1) is 11.8 Å². The zero-order chi connectivity index (χ0) is 12.4. The van der Waals surface area contributed by atoms with Crippen LogP contribution < -0.4 is 5.73 Å². The second kappa shape index (κ2) is 5.01. The number of benzene rings is 1. The number of ketones is 1. The van der Waals surface area contributed by atoms with Crippen molar-refractivity contribution in [1.82, 2.24) is 0 Å². The fourth-order valence-electron chi connectivity index (χ4n) is 2.84. The molecule has 1 aliphatic rings. The maximum Gasteiger partial charge on any atom is 0.140 e. The molecule has 3 atom stereocenters. The maximum atomic E-state index is 12.3. The molecule has 0 amide bonds. The highest BCUT2D eigenvalue weighted by Gasteiger charge is 2.35. The van der Waals surface area contributed by atoms with E-state index in [-0.39, 0.29) is 17.9 Å². The largest absolute Gasteiger partial charge is 0.323 e. The second-order valence-corrected chi connectivity index (χ2v) is 5.13. The van der Waals surface area contributed by atoms with Gasteiger partial charge in [0.1, 0.15) is 5.78 Å². The third-order valence-corrected chi connectivity index (χ3v) is 3.86. The Labute approximate surface area is 103 Å². The van der Waals surface area contributed by atoms with Gasteiger partial charge in [-0.25, -0.2) is 0 Å². The summed E-state index contributed by atoms with van der Waals surface area (Å²) in [4.78, 5) is 12.3. The Balaban J connectivity index is 2.14. The predicted molar refractivity (Wildman–Crippen MR) is 69.6 cm³/mol. The Hall–Kier alpha value is -1.15. The van der Waals surface area contributed by atoms with Crippen molar-refractivity contribution in [3.63, 3.8) is 0 Å². The molecule has 0 saturated carbocycles. The minimum Gasteiger partial charge on any atom is -0.323 e. The van der Waals surface area contributed by atoms with E-state index in [0.717, 1.165) is 24.8 Å². The first-order valence-electron chi connectivity index (χ1n) is 6.52. The lowest BCUT2D eigenvalue weighted by molar-refractivity contribution is -0.126. The van der Waals surface area contributed by atoms with E-state index in [1.165, 1.54) is 5.56 Å². The zero-order valence-corrected chi connectivity index (χ0v) is 10.6. The number of carbonyl (C=O) groups is 1. The van der Waals surface area contributed by atoms with Gasteiger partial charge < -0.3 is 5.73 Å². The Morgan fingerprint density at radius 1 is 1.47 bits per heavy atom. The fourth-order valence-corrected chi connectivity index (χ4v) is 2.84. The summed E-state index contributed by atoms with van der Waals surface area (Å²) in [6.45, 7) is 4.15. The van der Waals surface area contributed by atoms with Crippen LogP contribution in [0.1, 0.15) is 43.9 Å². The molecule has 92 valence electrons. The lowest BCUT2D eigenvalue weighted by atomic mass is 9.87. The molecule has 0 fully saturated rings. The fraction of sp³-hybridized carbons (Fsp3) is 0.533. The van der Waals surface area contributed by atoms with E-state index in [2.05, 4.69) is 19.1 Å². The molecule has 0 bridgehead atoms. The molecule has 0 radical (unpaired) electrons. The van der Waals surface area contributed by atoms with Crippen molar-refractivity contribution in [2.45, 2.75) is 39.2 Å². The molecular weight excluding hydrogens is 210 g/mol. The topological polar surface area (TPSA) is 43.1 Å². The molecule has 0 aromatic heterocycles. The average molecular weight is 231 g/mol. The van der Waals surface area contributed by atoms with Gasteiger partial charge in [0.2, 0.25) is 0 Å². The molecule has 0 spiro atoms. The average Bonchev–Trinajstić information content (AvgIpc) is 2.67. The Kier molecular flexibility index (Phi) is 3.63. The number of Topliss-reactive ketones (excluding diaryl/α,β-unsaturated/α-hetero) is 1. The van der Waals surface area contributed by atoms with Crippen LogP contribution in [0.4, 0.5) is 0 Å². The van der Waals surface area contributed by atoms with Crippen LogP contribution in [0.2, 0.25) is 0 Å². The second-order valence-electron chi connectivity index (χ2n) is 5.13. The summed E-state index contributed by atoms with van der Waals surface area (Å²) >= 11 is 0. The number of carbonyl (C=O) groups excluding carboxylic acids is 1. The smallest absolute Gasteiger partial charge is 0.140 e. The summed E-state index contributed by atoms with van der Waals surface area (Å²) in [6.07, 6.45) is 2.85. The van der Waals surface area contributed by atoms with Crippen LogP contribution in [0.25, 0.3) is 0 Å². The molecule has 1 aromatic carbocycles. The van der Waals surface area contributed by atoms with Crippen molar-refractivity contribution in [3.05, 3.63) is 35.4 Å². The normalized spacial score (nSPS) is 24.4. The molecule has 1 aliphatic carbocycles. The quantitative estimate of drug-likeness (QED) is 0.865. The van der Waals surface area contributed by atoms with Gasteiger partial charge in [0.05, 0.1) is 0 Å². The standard InChI is InChI=1S/C15H21NO/c1-3-6-10(2)15(17)13-9-11-7-4-5-8-12(11)14(13)16/h4-5,7-8,10,13-14H,3,6,9,16H2,1-2H3. The van der Waals surface area contributed by atoms with E-state index in [1.54, 1.807) is 0 Å². The highest BCUT2D eigenvalue weighted by molar-refractivity contribution is 5.85. The van der Waals surface area contributed by atoms with Crippen molar-refractivity contribution in [3.8, 4) is 0 Å². The first-order valence-corrected chi connectivity index (χ1v) is 6.52. The lowest BCUT2D eigenvalue weighted by Gasteiger charge is -2.19. The number of nitrogens with two attached hydrogens (primary N) is 1. The SMILES string of the molecule is CCCC(C)C(=O)C1Cc2ccccc2C1N. The number of hydrogen-bond acceptors (Lipinski definition) is 2. The van der Waals surface area contributed by atoms with Crippen molar-refractivity contribution in [1.29, 1.82) is 0 Å². The predicted octanol–water partition coefficient (Wildman–Crippen LogP) is 2.86. The highest BCUT2D eigenvalue weighted by Crippen LogP contribution is 2.36. The zero-order valence-electron chi connectivity index (χ0n) is 10.6. The summed E-state index contributed by atoms with van der Waals surface area (Å²) in [5.74, 6) is 0.481. The van der Waals surface area contributed by atoms with Crippen LogP contribution in [0.15, 0.2) is 24.3 Å². The van der Waals surface area contributed by atoms with E-state index in [1.807, 2.05) is 19.1 Å². The van der Waals surface area contributed by atoms with Gasteiger partial charge in [-0.3, -0.25) is 4.79 Å². The van der Waals surface area contributed by atoms with E-state index >= 15 is 0 Å². The van der Waals surface area contributed by atoms with Gasteiger partial charge in [-0.2, -0.15) is 0 Å². The van der Waals surface area contributed by atoms with E-state index in [4.69, 9.17) is 5.73 Å². The minimum absolute atomic E-state index is 0.00560. The number of hydrogen-bond donors (Lipinski definition) is 1. The Morgan fingerprint density at radius 2 is 2.18 bits per heavy atom. The molecule has 2 nitrogen and oxygen atoms in total. The summed E-state index contributed by atoms with van der Waals surface area (Å²) in [6, 6.07) is 8.07. The van der Waals surface area contributed by atoms with Crippen LogP contribution >= 0.6 is 0 Å². The van der Waals surface area contributed by atoms with Crippen LogP contribution in [0.5, 0.6) is 0 Å². The minimum atomic E-state index is -0.0991. The van der Waals surface area contributed by atoms with E-state index < -0.39 is 0 Å². The van der Waals surface area contributed by atoms with Crippen LogP contribution in [0.3, 0.4) is 0 Å². The summed E-state index contributed by atoms with van der Waals surface area (Å²) < 4.78 is 0. The Bertz CT molecular complexity index is 413. The number of rotatable bonds is 4. The van der Waals surface area contributed by atoms with Gasteiger partial charge in [-0.1, -0.05) is 44.5 Å². The third kappa shape index (κ3) is 2.27. The molecule has 2 N–H and O–H groups in total. The number of fused-ring (bicyclic) bond motifs is 1. The van der Waals surface area contributed by atoms with Gasteiger partial charge in [-0.05, 0) is 24.0 Å². The molecular formula is C15H21NO. The van der Waals surface area contributed by atoms with Gasteiger partial charge in [0.25, 0.3) is 0 Å². The van der Waals surface area contributed by atoms with Gasteiger partial charge >= 0.3 is 0 Å². The highest BCUT2D eigenvalue weighted by atomic mass is 16.1. The van der Waals surface area contributed by atoms with Gasteiger partial charge in [0.15, 0.2) is 0 Å². The maximum absolute atomic E-state index is 12.3. The van der Waals surface area contributed by atoms with Crippen molar-refractivity contribution >= 4 is 5.78 Å². The molecule has 0 saturated heterocycles. The van der Waals surface area contributed by atoms with Crippen LogP contribution in [-0.4, -0.2) is 5.78 Å². The first-order chi connectivity index (χ1) is 8.15. The van der Waals surface area contributed by atoms with Gasteiger partial charge in [-0.15, -0.1) is 0 Å². The van der Waals surface area contributed by atoms with E-state index in [9.17, 15) is 4.79 Å². The summed E-state index contributed by atoms with van der Waals surface area (Å²) in [5.41, 5.74) is 8.62. The molecule has 3 unspecified atom stereocenters. The van der Waals surface area contributed by atoms with Crippen molar-refractivity contribution < 1.29 is 4.79 Å². The molecule has 2 rings (SSSR count). The summed E-state index contributed by atoms with van der Waals surface area (Å²) in [7, 11) is 0. The van der Waals surface area contributed by atoms with E-state index in [0.29, 0.717) is 5.78 Å². The molecule has 2 heteroatoms. The first kappa shape index (κ1) is 12.3. The van der Waals surface area contributed by atoms with Crippen LogP contribution in [-0.2, 0) is 11.2 Å². The molecule has 17 heavy (non-hydrogen) atoms. The molecule has 1 aromatic rings. The van der Waals surface area contributed by atoms with Gasteiger partial charge in [0, 0.05) is 17.9 Å². The lowest BCUT2D eigenvalue weighted by Crippen LogP contribution is -2.29. The van der Waals surface area contributed by atoms with Crippen molar-refractivity contribution in [2.75, 3.05) is 0 Å². The third-order valence-electron chi connectivity index (χ3n) is 3.86. The summed E-state index contributed by atoms with van der Waals surface area (Å²) in [5, 5.41) is 0. The molecule has 0 heterocycles. The Morgan fingerprint density at radius 3 is 2.82 bits per heavy atom. The van der Waals surface area contributed by atoms with Crippen molar-refractivity contribution in [2.24, 2.45) is 17.6 Å².